The van der Waals surface area contributed by atoms with Crippen molar-refractivity contribution >= 4 is 31.0 Å². The molecule has 0 N–H and O–H groups in total. The number of amides is 1. The predicted octanol–water partition coefficient (Wildman–Crippen LogP) is 2.65. The lowest BCUT2D eigenvalue weighted by Crippen LogP contribution is -2.39. The van der Waals surface area contributed by atoms with Crippen LogP contribution in [-0.4, -0.2) is 38.4 Å². The third kappa shape index (κ3) is 4.13. The third-order valence-electron chi connectivity index (χ3n) is 2.74. The van der Waals surface area contributed by atoms with Gasteiger partial charge < -0.3 is 9.43 Å². The topological polar surface area (TPSA) is 41.9 Å². The van der Waals surface area contributed by atoms with E-state index in [0.29, 0.717) is 0 Å². The van der Waals surface area contributed by atoms with Gasteiger partial charge in [0.05, 0.1) is 0 Å². The Balaban J connectivity index is 4.67. The summed E-state index contributed by atoms with van der Waals surface area (Å²) in [6.45, 7) is 10.4. The van der Waals surface area contributed by atoms with Gasteiger partial charge in [0, 0.05) is 14.1 Å². The molecule has 0 aliphatic carbocycles. The molecule has 0 fully saturated rings. The van der Waals surface area contributed by atoms with Crippen LogP contribution in [0.3, 0.4) is 0 Å². The van der Waals surface area contributed by atoms with Crippen LogP contribution in [0.25, 0.3) is 0 Å². The van der Waals surface area contributed by atoms with E-state index in [4.69, 9.17) is 16.1 Å². The Hall–Kier alpha value is -0.553. The number of nitrogens with zero attached hydrogens (tertiary/aromatic N) is 2. The molecule has 0 heterocycles. The van der Waals surface area contributed by atoms with Crippen LogP contribution in [-0.2, 0) is 9.32 Å². The fourth-order valence-electron chi connectivity index (χ4n) is 0.515. The molecule has 6 heteroatoms. The molecular weight excluding hydrogens is 244 g/mol. The Labute approximate surface area is 104 Å². The van der Waals surface area contributed by atoms with Crippen molar-refractivity contribution in [2.24, 2.45) is 5.16 Å². The van der Waals surface area contributed by atoms with E-state index in [9.17, 15) is 4.79 Å². The van der Waals surface area contributed by atoms with Crippen molar-refractivity contribution in [3.05, 3.63) is 0 Å². The number of hydrogen-bond acceptors (Lipinski definition) is 3. The van der Waals surface area contributed by atoms with Crippen molar-refractivity contribution in [2.45, 2.75) is 38.9 Å². The molecule has 0 saturated carbocycles. The Bertz CT molecular complexity index is 296. The van der Waals surface area contributed by atoms with E-state index in [1.54, 1.807) is 14.1 Å². The summed E-state index contributed by atoms with van der Waals surface area (Å²) in [4.78, 5) is 12.8. The predicted molar refractivity (Wildman–Crippen MR) is 70.3 cm³/mol. The van der Waals surface area contributed by atoms with E-state index in [1.807, 2.05) is 13.1 Å². The molecular formula is C10H21ClN2O2Si. The minimum Gasteiger partial charge on any atom is -0.453 e. The molecule has 0 aliphatic heterocycles. The molecule has 0 aromatic heterocycles. The lowest BCUT2D eigenvalue weighted by atomic mass is 10.2. The third-order valence-corrected chi connectivity index (χ3v) is 7.13. The first-order chi connectivity index (χ1) is 6.99. The van der Waals surface area contributed by atoms with E-state index in [2.05, 4.69) is 25.9 Å². The zero-order chi connectivity index (χ0) is 13.1. The Morgan fingerprint density at radius 2 is 1.75 bits per heavy atom. The van der Waals surface area contributed by atoms with Gasteiger partial charge in [-0.15, -0.1) is 0 Å². The summed E-state index contributed by atoms with van der Waals surface area (Å²) in [6.07, 6.45) is 0. The van der Waals surface area contributed by atoms with E-state index >= 15 is 0 Å². The molecule has 0 aliphatic rings. The zero-order valence-electron chi connectivity index (χ0n) is 11.1. The van der Waals surface area contributed by atoms with Crippen molar-refractivity contribution in [1.29, 1.82) is 0 Å². The Kier molecular flexibility index (Phi) is 5.01. The second-order valence-corrected chi connectivity index (χ2v) is 10.5. The van der Waals surface area contributed by atoms with E-state index < -0.39 is 8.32 Å². The molecule has 1 amide bonds. The van der Waals surface area contributed by atoms with Gasteiger partial charge in [-0.2, -0.15) is 0 Å². The number of oxime groups is 1. The molecule has 0 spiro atoms. The van der Waals surface area contributed by atoms with Gasteiger partial charge in [-0.25, -0.2) is 0 Å². The van der Waals surface area contributed by atoms with Gasteiger partial charge in [0.25, 0.3) is 14.2 Å². The first kappa shape index (κ1) is 15.4. The number of rotatable bonds is 3. The van der Waals surface area contributed by atoms with Gasteiger partial charge in [0.2, 0.25) is 5.17 Å². The second kappa shape index (κ2) is 5.18. The van der Waals surface area contributed by atoms with Gasteiger partial charge in [0.1, 0.15) is 0 Å². The van der Waals surface area contributed by atoms with E-state index in [-0.39, 0.29) is 16.1 Å². The molecule has 0 aromatic rings. The first-order valence-corrected chi connectivity index (χ1v) is 8.41. The monoisotopic (exact) mass is 264 g/mol. The van der Waals surface area contributed by atoms with Gasteiger partial charge in [-0.3, -0.25) is 4.79 Å². The molecule has 94 valence electrons. The highest BCUT2D eigenvalue weighted by Gasteiger charge is 2.40. The number of hydrogen-bond donors (Lipinski definition) is 0. The summed E-state index contributed by atoms with van der Waals surface area (Å²) in [5, 5.41) is 3.64. The fourth-order valence-corrected chi connectivity index (χ4v) is 1.37. The SMILES string of the molecule is CN(C)C(=O)/C(Cl)=N/O[Si](C)(C)C(C)(C)C. The molecule has 0 atom stereocenters. The highest BCUT2D eigenvalue weighted by atomic mass is 35.5. The molecule has 0 radical (unpaired) electrons. The number of halogens is 1. The quantitative estimate of drug-likeness (QED) is 0.447. The second-order valence-electron chi connectivity index (χ2n) is 5.43. The summed E-state index contributed by atoms with van der Waals surface area (Å²) in [6, 6.07) is 0. The van der Waals surface area contributed by atoms with Crippen molar-refractivity contribution in [3.8, 4) is 0 Å². The van der Waals surface area contributed by atoms with Crippen LogP contribution >= 0.6 is 11.6 Å². The maximum absolute atomic E-state index is 11.4. The van der Waals surface area contributed by atoms with Crippen LogP contribution in [0, 0.1) is 0 Å². The minimum absolute atomic E-state index is 0.0365. The Morgan fingerprint density at radius 1 is 1.31 bits per heavy atom. The molecule has 0 bridgehead atoms. The van der Waals surface area contributed by atoms with Crippen LogP contribution < -0.4 is 0 Å². The van der Waals surface area contributed by atoms with Crippen molar-refractivity contribution in [2.75, 3.05) is 14.1 Å². The first-order valence-electron chi connectivity index (χ1n) is 5.12. The molecule has 0 saturated heterocycles. The van der Waals surface area contributed by atoms with E-state index in [1.165, 1.54) is 4.90 Å². The normalized spacial score (nSPS) is 13.6. The highest BCUT2D eigenvalue weighted by molar-refractivity contribution is 6.83. The number of carbonyl (C=O) groups excluding carboxylic acids is 1. The van der Waals surface area contributed by atoms with Crippen LogP contribution in [0.2, 0.25) is 18.1 Å². The van der Waals surface area contributed by atoms with Crippen molar-refractivity contribution in [3.63, 3.8) is 0 Å². The lowest BCUT2D eigenvalue weighted by molar-refractivity contribution is -0.121. The maximum atomic E-state index is 11.4. The average molecular weight is 265 g/mol. The van der Waals surface area contributed by atoms with Crippen molar-refractivity contribution < 1.29 is 9.32 Å². The highest BCUT2D eigenvalue weighted by Crippen LogP contribution is 2.36. The van der Waals surface area contributed by atoms with Gasteiger partial charge in [0.15, 0.2) is 0 Å². The standard InChI is InChI=1S/C10H21ClN2O2Si/c1-10(2,3)16(6,7)15-12-8(11)9(14)13(4)5/h1-7H3/b12-8-. The average Bonchev–Trinajstić information content (AvgIpc) is 2.11. The number of carbonyl (C=O) groups is 1. The smallest absolute Gasteiger partial charge is 0.287 e. The van der Waals surface area contributed by atoms with Gasteiger partial charge in [-0.05, 0) is 18.1 Å². The molecule has 0 unspecified atom stereocenters. The van der Waals surface area contributed by atoms with Gasteiger partial charge >= 0.3 is 0 Å². The fraction of sp³-hybridized carbons (Fsp3) is 0.800. The van der Waals surface area contributed by atoms with Crippen LogP contribution in [0.15, 0.2) is 5.16 Å². The zero-order valence-corrected chi connectivity index (χ0v) is 12.8. The lowest BCUT2D eigenvalue weighted by Gasteiger charge is -2.33. The molecule has 0 rings (SSSR count). The van der Waals surface area contributed by atoms with Gasteiger partial charge in [-0.1, -0.05) is 37.5 Å². The van der Waals surface area contributed by atoms with E-state index in [0.717, 1.165) is 0 Å². The summed E-state index contributed by atoms with van der Waals surface area (Å²) in [7, 11) is 1.24. The minimum atomic E-state index is -1.99. The summed E-state index contributed by atoms with van der Waals surface area (Å²) in [5.41, 5.74) is 0. The summed E-state index contributed by atoms with van der Waals surface area (Å²) < 4.78 is 5.47. The van der Waals surface area contributed by atoms with Crippen molar-refractivity contribution in [1.82, 2.24) is 4.90 Å². The molecule has 0 aromatic carbocycles. The largest absolute Gasteiger partial charge is 0.453 e. The van der Waals surface area contributed by atoms with Crippen LogP contribution in [0.5, 0.6) is 0 Å². The molecule has 4 nitrogen and oxygen atoms in total. The Morgan fingerprint density at radius 3 is 2.06 bits per heavy atom. The van der Waals surface area contributed by atoms with Crippen LogP contribution in [0.1, 0.15) is 20.8 Å². The maximum Gasteiger partial charge on any atom is 0.287 e. The molecule has 16 heavy (non-hydrogen) atoms. The summed E-state index contributed by atoms with van der Waals surface area (Å²) in [5.74, 6) is -0.347. The van der Waals surface area contributed by atoms with Crippen LogP contribution in [0.4, 0.5) is 0 Å². The summed E-state index contributed by atoms with van der Waals surface area (Å²) >= 11 is 5.74.